The first-order chi connectivity index (χ1) is 14.9. The van der Waals surface area contributed by atoms with E-state index in [-0.39, 0.29) is 0 Å². The van der Waals surface area contributed by atoms with Gasteiger partial charge in [0.1, 0.15) is 0 Å². The number of benzene rings is 1. The summed E-state index contributed by atoms with van der Waals surface area (Å²) in [6.45, 7) is 2.13. The van der Waals surface area contributed by atoms with Crippen molar-refractivity contribution in [3.63, 3.8) is 0 Å². The topological polar surface area (TPSA) is 83.3 Å². The van der Waals surface area contributed by atoms with Gasteiger partial charge in [0.05, 0.1) is 0 Å². The van der Waals surface area contributed by atoms with Crippen LogP contribution < -0.4 is 18.5 Å². The van der Waals surface area contributed by atoms with E-state index in [4.69, 9.17) is 19.3 Å². The summed E-state index contributed by atoms with van der Waals surface area (Å²) >= 11 is -2.55. The van der Waals surface area contributed by atoms with Gasteiger partial charge in [0.25, 0.3) is 0 Å². The van der Waals surface area contributed by atoms with Crippen LogP contribution >= 0.6 is 0 Å². The molecule has 0 unspecified atom stereocenters. The molecule has 1 aliphatic heterocycles. The number of nitrogens with one attached hydrogen (secondary N) is 1. The summed E-state index contributed by atoms with van der Waals surface area (Å²) in [5.41, 5.74) is 1.96. The van der Waals surface area contributed by atoms with Crippen LogP contribution in [0, 0.1) is 0 Å². The Balaban J connectivity index is 1.72. The summed E-state index contributed by atoms with van der Waals surface area (Å²) in [5.74, 6) is 2.39. The zero-order chi connectivity index (χ0) is 22.0. The maximum atomic E-state index is 5.56. The summed E-state index contributed by atoms with van der Waals surface area (Å²) < 4.78 is 19.8. The fourth-order valence-electron chi connectivity index (χ4n) is 3.99. The number of nitrogens with zero attached hydrogens (tertiary/aromatic N) is 4. The van der Waals surface area contributed by atoms with Crippen LogP contribution in [-0.4, -0.2) is 65.6 Å². The third-order valence-electron chi connectivity index (χ3n) is 5.68. The summed E-state index contributed by atoms with van der Waals surface area (Å²) in [7, 11) is 3.32. The van der Waals surface area contributed by atoms with Crippen LogP contribution in [0.3, 0.4) is 0 Å². The third kappa shape index (κ3) is 4.59. The second-order valence-corrected chi connectivity index (χ2v) is 23.0. The van der Waals surface area contributed by atoms with Crippen molar-refractivity contribution in [1.29, 1.82) is 0 Å². The van der Waals surface area contributed by atoms with E-state index in [9.17, 15) is 0 Å². The molecule has 0 bridgehead atoms. The Hall–Kier alpha value is -2.07. The molecule has 0 saturated carbocycles. The number of ether oxygens (including phenoxy) is 3. The molecule has 31 heavy (non-hydrogen) atoms. The zero-order valence-corrected chi connectivity index (χ0v) is 21.8. The van der Waals surface area contributed by atoms with Crippen LogP contribution in [0.5, 0.6) is 11.5 Å². The third-order valence-corrected chi connectivity index (χ3v) is 10.7. The van der Waals surface area contributed by atoms with E-state index in [1.165, 1.54) is 3.71 Å². The van der Waals surface area contributed by atoms with Crippen LogP contribution in [0.1, 0.15) is 24.4 Å². The van der Waals surface area contributed by atoms with Gasteiger partial charge in [0.2, 0.25) is 0 Å². The Morgan fingerprint density at radius 2 is 1.90 bits per heavy atom. The molecule has 1 saturated heterocycles. The second kappa shape index (κ2) is 9.20. The van der Waals surface area contributed by atoms with Crippen molar-refractivity contribution in [2.75, 3.05) is 32.8 Å². The van der Waals surface area contributed by atoms with E-state index in [1.807, 2.05) is 18.2 Å². The molecule has 166 valence electrons. The molecule has 1 fully saturated rings. The van der Waals surface area contributed by atoms with E-state index >= 15 is 0 Å². The molecule has 8 nitrogen and oxygen atoms in total. The summed E-state index contributed by atoms with van der Waals surface area (Å²) in [6, 6.07) is 6.17. The maximum absolute atomic E-state index is 5.56. The van der Waals surface area contributed by atoms with Crippen molar-refractivity contribution in [2.24, 2.45) is 0 Å². The van der Waals surface area contributed by atoms with Gasteiger partial charge in [-0.3, -0.25) is 0 Å². The zero-order valence-electron chi connectivity index (χ0n) is 18.9. The van der Waals surface area contributed by atoms with Crippen molar-refractivity contribution >= 4 is 38.9 Å². The van der Waals surface area contributed by atoms with Gasteiger partial charge in [0, 0.05) is 0 Å². The van der Waals surface area contributed by atoms with Crippen LogP contribution in [0.15, 0.2) is 24.5 Å². The van der Waals surface area contributed by atoms with Crippen molar-refractivity contribution < 1.29 is 14.2 Å². The molecule has 4 rings (SSSR count). The molecule has 0 amide bonds. The number of anilines is 1. The van der Waals surface area contributed by atoms with Gasteiger partial charge in [-0.2, -0.15) is 0 Å². The average molecular weight is 532 g/mol. The molecule has 0 atom stereocenters. The normalized spacial score (nSPS) is 15.3. The molecule has 3 aromatic rings. The van der Waals surface area contributed by atoms with Gasteiger partial charge in [0.15, 0.2) is 0 Å². The first kappa shape index (κ1) is 22.1. The molecule has 0 radical (unpaired) electrons. The minimum absolute atomic E-state index is 0.322. The molecule has 1 aliphatic rings. The number of rotatable bonds is 7. The first-order valence-electron chi connectivity index (χ1n) is 10.7. The van der Waals surface area contributed by atoms with Crippen LogP contribution in [0.4, 0.5) is 5.82 Å². The molecular weight excluding hydrogens is 501 g/mol. The summed E-state index contributed by atoms with van der Waals surface area (Å²) in [5, 5.41) is 9.73. The van der Waals surface area contributed by atoms with Crippen LogP contribution in [-0.2, 0) is 11.3 Å². The van der Waals surface area contributed by atoms with Gasteiger partial charge in [-0.1, -0.05) is 0 Å². The van der Waals surface area contributed by atoms with Crippen molar-refractivity contribution in [1.82, 2.24) is 19.7 Å². The Morgan fingerprint density at radius 1 is 1.13 bits per heavy atom. The Kier molecular flexibility index (Phi) is 6.57. The molecular formula is C22H31N5O3Sn. The fraction of sp³-hybridized carbons (Fsp3) is 0.500. The Bertz CT molecular complexity index is 1060. The summed E-state index contributed by atoms with van der Waals surface area (Å²) in [6.07, 6.45) is 3.56. The van der Waals surface area contributed by atoms with Crippen molar-refractivity contribution in [3.8, 4) is 11.5 Å². The summed E-state index contributed by atoms with van der Waals surface area (Å²) in [4.78, 5) is 16.4. The molecule has 9 heteroatoms. The fourth-order valence-corrected chi connectivity index (χ4v) is 7.95. The monoisotopic (exact) mass is 533 g/mol. The van der Waals surface area contributed by atoms with E-state index in [2.05, 4.69) is 34.8 Å². The number of aromatic nitrogens is 4. The quantitative estimate of drug-likeness (QED) is 0.468. The van der Waals surface area contributed by atoms with Gasteiger partial charge >= 0.3 is 187 Å². The number of fused-ring (bicyclic) bond motifs is 1. The van der Waals surface area contributed by atoms with E-state index in [1.54, 1.807) is 20.5 Å². The van der Waals surface area contributed by atoms with Crippen molar-refractivity contribution in [2.45, 2.75) is 40.2 Å². The molecule has 0 aliphatic carbocycles. The predicted octanol–water partition coefficient (Wildman–Crippen LogP) is 3.35. The molecule has 1 aromatic carbocycles. The second-order valence-electron chi connectivity index (χ2n) is 8.84. The van der Waals surface area contributed by atoms with Gasteiger partial charge < -0.3 is 0 Å². The van der Waals surface area contributed by atoms with Gasteiger partial charge in [-0.05, 0) is 0 Å². The predicted molar refractivity (Wildman–Crippen MR) is 124 cm³/mol. The Labute approximate surface area is 187 Å². The van der Waals surface area contributed by atoms with Crippen LogP contribution in [0.2, 0.25) is 14.8 Å². The van der Waals surface area contributed by atoms with Crippen LogP contribution in [0.25, 0.3) is 11.0 Å². The average Bonchev–Trinajstić information content (AvgIpc) is 3.19. The molecule has 1 N–H and O–H groups in total. The first-order valence-corrected chi connectivity index (χ1v) is 20.7. The standard InChI is InChI=1S/C19H22N5O3.3CH3.Sn/c1-25-15-4-3-13(17(9-15)26-2)10-20-18-16-11-23-24(19(16)22-12-21-18)14-5-7-27-8-6-14;;;;/h3-4,9,12,14H,5-8,10H2,1-2H3,(H,20,21,22);3*1H3;. The SMILES string of the molecule is COc1ccc(CNc2ncnc3c2[c]([Sn]([CH3])([CH3])[CH3])nn3C2CCOCC2)c(OC)c1. The molecule has 3 heterocycles. The van der Waals surface area contributed by atoms with E-state index in [0.717, 1.165) is 60.0 Å². The molecule has 0 spiro atoms. The van der Waals surface area contributed by atoms with Gasteiger partial charge in [-0.25, -0.2) is 0 Å². The van der Waals surface area contributed by atoms with E-state index in [0.29, 0.717) is 12.6 Å². The number of methoxy groups -OCH3 is 2. The Morgan fingerprint density at radius 3 is 2.58 bits per heavy atom. The minimum atomic E-state index is -2.55. The van der Waals surface area contributed by atoms with E-state index < -0.39 is 18.4 Å². The van der Waals surface area contributed by atoms with Gasteiger partial charge in [-0.15, -0.1) is 0 Å². The number of hydrogen-bond donors (Lipinski definition) is 1. The van der Waals surface area contributed by atoms with Crippen molar-refractivity contribution in [3.05, 3.63) is 30.1 Å². The molecule has 2 aromatic heterocycles. The number of hydrogen-bond acceptors (Lipinski definition) is 7.